The zero-order valence-electron chi connectivity index (χ0n) is 16.2. The van der Waals surface area contributed by atoms with Gasteiger partial charge in [0.2, 0.25) is 0 Å². The molecule has 1 aliphatic heterocycles. The van der Waals surface area contributed by atoms with Crippen LogP contribution in [0.5, 0.6) is 5.75 Å². The van der Waals surface area contributed by atoms with Gasteiger partial charge in [0.05, 0.1) is 13.2 Å². The van der Waals surface area contributed by atoms with Crippen LogP contribution in [0.15, 0.2) is 42.5 Å². The SMILES string of the molecule is COc1cccc2c1CCc1ccccc1C2C1CCN(CCC#N)CC1. The van der Waals surface area contributed by atoms with Crippen molar-refractivity contribution in [2.75, 3.05) is 26.7 Å². The van der Waals surface area contributed by atoms with Gasteiger partial charge in [-0.15, -0.1) is 0 Å². The lowest BCUT2D eigenvalue weighted by Crippen LogP contribution is -2.36. The Labute approximate surface area is 162 Å². The molecule has 2 aromatic rings. The fourth-order valence-corrected chi connectivity index (χ4v) is 5.05. The van der Waals surface area contributed by atoms with Gasteiger partial charge in [-0.1, -0.05) is 36.4 Å². The minimum atomic E-state index is 0.451. The third-order valence-corrected chi connectivity index (χ3v) is 6.40. The highest BCUT2D eigenvalue weighted by atomic mass is 16.5. The van der Waals surface area contributed by atoms with Crippen molar-refractivity contribution in [1.82, 2.24) is 4.90 Å². The minimum absolute atomic E-state index is 0.451. The van der Waals surface area contributed by atoms with Gasteiger partial charge in [0.15, 0.2) is 0 Å². The van der Waals surface area contributed by atoms with Crippen LogP contribution in [0.1, 0.15) is 47.4 Å². The molecule has 1 aliphatic carbocycles. The van der Waals surface area contributed by atoms with E-state index in [1.165, 1.54) is 35.1 Å². The van der Waals surface area contributed by atoms with Gasteiger partial charge in [0.1, 0.15) is 5.75 Å². The summed E-state index contributed by atoms with van der Waals surface area (Å²) in [7, 11) is 1.79. The fourth-order valence-electron chi connectivity index (χ4n) is 5.05. The first-order valence-corrected chi connectivity index (χ1v) is 10.1. The van der Waals surface area contributed by atoms with Gasteiger partial charge in [0, 0.05) is 18.9 Å². The van der Waals surface area contributed by atoms with Crippen molar-refractivity contribution in [2.24, 2.45) is 5.92 Å². The lowest BCUT2D eigenvalue weighted by atomic mass is 9.74. The molecule has 0 amide bonds. The lowest BCUT2D eigenvalue weighted by Gasteiger charge is -2.37. The van der Waals surface area contributed by atoms with Crippen molar-refractivity contribution < 1.29 is 4.74 Å². The van der Waals surface area contributed by atoms with E-state index < -0.39 is 0 Å². The van der Waals surface area contributed by atoms with Crippen LogP contribution >= 0.6 is 0 Å². The summed E-state index contributed by atoms with van der Waals surface area (Å²) in [6.45, 7) is 3.11. The molecule has 1 fully saturated rings. The Balaban J connectivity index is 1.68. The number of hydrogen-bond acceptors (Lipinski definition) is 3. The van der Waals surface area contributed by atoms with Crippen molar-refractivity contribution in [3.05, 3.63) is 64.7 Å². The largest absolute Gasteiger partial charge is 0.496 e. The number of benzene rings is 2. The van der Waals surface area contributed by atoms with E-state index >= 15 is 0 Å². The van der Waals surface area contributed by atoms with E-state index in [1.807, 2.05) is 0 Å². The zero-order valence-corrected chi connectivity index (χ0v) is 16.2. The number of hydrogen-bond donors (Lipinski definition) is 0. The topological polar surface area (TPSA) is 36.3 Å². The van der Waals surface area contributed by atoms with E-state index in [9.17, 15) is 0 Å². The summed E-state index contributed by atoms with van der Waals surface area (Å²) >= 11 is 0. The van der Waals surface area contributed by atoms with Crippen LogP contribution in [0.25, 0.3) is 0 Å². The van der Waals surface area contributed by atoms with Gasteiger partial charge in [-0.25, -0.2) is 0 Å². The highest BCUT2D eigenvalue weighted by molar-refractivity contribution is 5.50. The van der Waals surface area contributed by atoms with E-state index in [-0.39, 0.29) is 0 Å². The fraction of sp³-hybridized carbons (Fsp3) is 0.458. The first kappa shape index (κ1) is 18.1. The minimum Gasteiger partial charge on any atom is -0.496 e. The highest BCUT2D eigenvalue weighted by Gasteiger charge is 2.33. The van der Waals surface area contributed by atoms with Crippen LogP contribution < -0.4 is 4.74 Å². The predicted octanol–water partition coefficient (Wildman–Crippen LogP) is 4.55. The third-order valence-electron chi connectivity index (χ3n) is 6.40. The summed E-state index contributed by atoms with van der Waals surface area (Å²) in [6.07, 6.45) is 5.16. The Hall–Kier alpha value is -2.31. The van der Waals surface area contributed by atoms with Gasteiger partial charge >= 0.3 is 0 Å². The lowest BCUT2D eigenvalue weighted by molar-refractivity contribution is 0.178. The monoisotopic (exact) mass is 360 g/mol. The molecule has 4 rings (SSSR count). The Bertz CT molecular complexity index is 831. The molecule has 1 atom stereocenters. The van der Waals surface area contributed by atoms with Gasteiger partial charge in [-0.3, -0.25) is 0 Å². The molecule has 0 aromatic heterocycles. The number of aryl methyl sites for hydroxylation is 1. The third kappa shape index (κ3) is 3.59. The predicted molar refractivity (Wildman–Crippen MR) is 108 cm³/mol. The molecule has 2 aromatic carbocycles. The molecule has 0 N–H and O–H groups in total. The molecule has 27 heavy (non-hydrogen) atoms. The number of ether oxygens (including phenoxy) is 1. The summed E-state index contributed by atoms with van der Waals surface area (Å²) in [5, 5.41) is 8.86. The number of likely N-dealkylation sites (tertiary alicyclic amines) is 1. The van der Waals surface area contributed by atoms with Gasteiger partial charge in [-0.2, -0.15) is 5.26 Å². The molecule has 0 bridgehead atoms. The Morgan fingerprint density at radius 3 is 2.59 bits per heavy atom. The van der Waals surface area contributed by atoms with Gasteiger partial charge < -0.3 is 9.64 Å². The second-order valence-electron chi connectivity index (χ2n) is 7.79. The summed E-state index contributed by atoms with van der Waals surface area (Å²) in [5.41, 5.74) is 5.87. The van der Waals surface area contributed by atoms with Gasteiger partial charge in [0.25, 0.3) is 0 Å². The van der Waals surface area contributed by atoms with Crippen molar-refractivity contribution in [1.29, 1.82) is 5.26 Å². The van der Waals surface area contributed by atoms with Crippen LogP contribution in [-0.4, -0.2) is 31.6 Å². The number of rotatable bonds is 4. The second-order valence-corrected chi connectivity index (χ2v) is 7.79. The van der Waals surface area contributed by atoms with Crippen LogP contribution in [0.3, 0.4) is 0 Å². The maximum atomic E-state index is 8.86. The van der Waals surface area contributed by atoms with E-state index in [2.05, 4.69) is 53.4 Å². The quantitative estimate of drug-likeness (QED) is 0.802. The van der Waals surface area contributed by atoms with Crippen LogP contribution in [0.2, 0.25) is 0 Å². The van der Waals surface area contributed by atoms with Crippen molar-refractivity contribution in [2.45, 2.75) is 38.0 Å². The molecule has 0 saturated carbocycles. The van der Waals surface area contributed by atoms with E-state index in [0.29, 0.717) is 18.3 Å². The molecule has 1 unspecified atom stereocenters. The van der Waals surface area contributed by atoms with Crippen LogP contribution in [-0.2, 0) is 12.8 Å². The number of nitriles is 1. The molecule has 2 aliphatic rings. The summed E-state index contributed by atoms with van der Waals surface area (Å²) in [4.78, 5) is 2.45. The molecule has 1 saturated heterocycles. The van der Waals surface area contributed by atoms with Crippen molar-refractivity contribution in [3.8, 4) is 11.8 Å². The number of methoxy groups -OCH3 is 1. The maximum Gasteiger partial charge on any atom is 0.122 e. The smallest absolute Gasteiger partial charge is 0.122 e. The Morgan fingerprint density at radius 2 is 1.81 bits per heavy atom. The summed E-state index contributed by atoms with van der Waals surface area (Å²) in [6, 6.07) is 17.9. The first-order valence-electron chi connectivity index (χ1n) is 10.1. The number of piperidine rings is 1. The normalized spacial score (nSPS) is 20.2. The Kier molecular flexibility index (Phi) is 5.45. The molecule has 140 valence electrons. The van der Waals surface area contributed by atoms with E-state index in [1.54, 1.807) is 7.11 Å². The van der Waals surface area contributed by atoms with E-state index in [4.69, 9.17) is 10.00 Å². The molecule has 3 heteroatoms. The average Bonchev–Trinajstić information content (AvgIpc) is 2.89. The number of fused-ring (bicyclic) bond motifs is 2. The van der Waals surface area contributed by atoms with E-state index in [0.717, 1.165) is 38.2 Å². The average molecular weight is 361 g/mol. The molecule has 1 heterocycles. The second kappa shape index (κ2) is 8.15. The van der Waals surface area contributed by atoms with Crippen molar-refractivity contribution >= 4 is 0 Å². The van der Waals surface area contributed by atoms with Crippen LogP contribution in [0.4, 0.5) is 0 Å². The maximum absolute atomic E-state index is 8.86. The molecular formula is C24H28N2O. The highest BCUT2D eigenvalue weighted by Crippen LogP contribution is 2.44. The first-order chi connectivity index (χ1) is 13.3. The van der Waals surface area contributed by atoms with Crippen LogP contribution in [0, 0.1) is 17.2 Å². The van der Waals surface area contributed by atoms with Gasteiger partial charge in [-0.05, 0) is 73.0 Å². The standard InChI is InChI=1S/C24H28N2O/c1-27-23-9-4-8-22-21(23)11-10-18-6-2-3-7-20(18)24(22)19-12-16-26(17-13-19)15-5-14-25/h2-4,6-9,19,24H,5,10-13,15-17H2,1H3. The Morgan fingerprint density at radius 1 is 1.04 bits per heavy atom. The number of nitrogens with zero attached hydrogens (tertiary/aromatic N) is 2. The summed E-state index contributed by atoms with van der Waals surface area (Å²) in [5.74, 6) is 2.14. The molecular weight excluding hydrogens is 332 g/mol. The van der Waals surface area contributed by atoms with Crippen molar-refractivity contribution in [3.63, 3.8) is 0 Å². The zero-order chi connectivity index (χ0) is 18.6. The molecule has 0 spiro atoms. The molecule has 3 nitrogen and oxygen atoms in total. The summed E-state index contributed by atoms with van der Waals surface area (Å²) < 4.78 is 5.73. The molecule has 0 radical (unpaired) electrons.